The maximum atomic E-state index is 6.51. The van der Waals surface area contributed by atoms with E-state index < -0.39 is 0 Å². The first-order valence-electron chi connectivity index (χ1n) is 6.13. The van der Waals surface area contributed by atoms with E-state index in [1.807, 2.05) is 13.1 Å². The standard InChI is InChI=1S/C14H22N2/c1-11-4-5-12(10-16-11)14(15)8-6-13(2,3)7-9-14/h4-5,10H,6-9,15H2,1-3H3. The summed E-state index contributed by atoms with van der Waals surface area (Å²) in [7, 11) is 0. The minimum absolute atomic E-state index is 0.143. The fourth-order valence-electron chi connectivity index (χ4n) is 2.42. The van der Waals surface area contributed by atoms with E-state index in [4.69, 9.17) is 5.73 Å². The van der Waals surface area contributed by atoms with Crippen LogP contribution in [0.3, 0.4) is 0 Å². The smallest absolute Gasteiger partial charge is 0.0425 e. The van der Waals surface area contributed by atoms with Crippen molar-refractivity contribution in [3.63, 3.8) is 0 Å². The minimum atomic E-state index is -0.143. The van der Waals surface area contributed by atoms with Gasteiger partial charge in [0.05, 0.1) is 0 Å². The van der Waals surface area contributed by atoms with Crippen LogP contribution >= 0.6 is 0 Å². The first-order valence-corrected chi connectivity index (χ1v) is 6.13. The molecule has 2 rings (SSSR count). The summed E-state index contributed by atoms with van der Waals surface area (Å²) < 4.78 is 0. The van der Waals surface area contributed by atoms with Crippen LogP contribution < -0.4 is 5.73 Å². The molecule has 1 saturated carbocycles. The molecule has 0 unspecified atom stereocenters. The minimum Gasteiger partial charge on any atom is -0.321 e. The summed E-state index contributed by atoms with van der Waals surface area (Å²) in [6, 6.07) is 4.20. The molecule has 0 saturated heterocycles. The van der Waals surface area contributed by atoms with Gasteiger partial charge in [-0.15, -0.1) is 0 Å². The molecule has 2 N–H and O–H groups in total. The highest BCUT2D eigenvalue weighted by atomic mass is 14.8. The predicted molar refractivity (Wildman–Crippen MR) is 67.1 cm³/mol. The molecule has 0 radical (unpaired) electrons. The molecule has 0 aliphatic heterocycles. The highest BCUT2D eigenvalue weighted by molar-refractivity contribution is 5.23. The van der Waals surface area contributed by atoms with Gasteiger partial charge in [0.15, 0.2) is 0 Å². The normalized spacial score (nSPS) is 23.0. The molecule has 0 amide bonds. The van der Waals surface area contributed by atoms with Crippen LogP contribution in [0.5, 0.6) is 0 Å². The Kier molecular flexibility index (Phi) is 2.79. The van der Waals surface area contributed by atoms with Crippen LogP contribution in [0.1, 0.15) is 50.8 Å². The second-order valence-corrected chi connectivity index (χ2v) is 6.01. The van der Waals surface area contributed by atoms with E-state index in [2.05, 4.69) is 31.0 Å². The summed E-state index contributed by atoms with van der Waals surface area (Å²) in [5.74, 6) is 0. The Bertz CT molecular complexity index is 355. The van der Waals surface area contributed by atoms with Crippen LogP contribution in [0.25, 0.3) is 0 Å². The summed E-state index contributed by atoms with van der Waals surface area (Å²) in [5.41, 5.74) is 9.09. The Hall–Kier alpha value is -0.890. The first kappa shape index (κ1) is 11.6. The van der Waals surface area contributed by atoms with Gasteiger partial charge in [0.2, 0.25) is 0 Å². The van der Waals surface area contributed by atoms with E-state index in [9.17, 15) is 0 Å². The van der Waals surface area contributed by atoms with Crippen molar-refractivity contribution in [2.75, 3.05) is 0 Å². The Morgan fingerprint density at radius 3 is 2.25 bits per heavy atom. The number of aryl methyl sites for hydroxylation is 1. The lowest BCUT2D eigenvalue weighted by atomic mass is 9.68. The number of nitrogens with two attached hydrogens (primary N) is 1. The van der Waals surface area contributed by atoms with Crippen molar-refractivity contribution in [1.29, 1.82) is 0 Å². The molecule has 2 nitrogen and oxygen atoms in total. The highest BCUT2D eigenvalue weighted by Crippen LogP contribution is 2.43. The molecule has 88 valence electrons. The summed E-state index contributed by atoms with van der Waals surface area (Å²) in [6.07, 6.45) is 6.51. The average Bonchev–Trinajstić information content (AvgIpc) is 2.24. The zero-order chi connectivity index (χ0) is 11.8. The van der Waals surface area contributed by atoms with Gasteiger partial charge < -0.3 is 5.73 Å². The number of nitrogens with zero attached hydrogens (tertiary/aromatic N) is 1. The Labute approximate surface area is 98.3 Å². The van der Waals surface area contributed by atoms with Gasteiger partial charge in [0.25, 0.3) is 0 Å². The van der Waals surface area contributed by atoms with Crippen molar-refractivity contribution in [2.24, 2.45) is 11.1 Å². The Morgan fingerprint density at radius 1 is 1.12 bits per heavy atom. The lowest BCUT2D eigenvalue weighted by Gasteiger charge is -2.41. The predicted octanol–water partition coefficient (Wildman–Crippen LogP) is 3.14. The molecule has 0 aromatic carbocycles. The number of aromatic nitrogens is 1. The molecule has 0 spiro atoms. The lowest BCUT2D eigenvalue weighted by molar-refractivity contribution is 0.165. The maximum Gasteiger partial charge on any atom is 0.0425 e. The van der Waals surface area contributed by atoms with Gasteiger partial charge in [-0.25, -0.2) is 0 Å². The highest BCUT2D eigenvalue weighted by Gasteiger charge is 2.36. The van der Waals surface area contributed by atoms with Crippen molar-refractivity contribution in [1.82, 2.24) is 4.98 Å². The third kappa shape index (κ3) is 2.27. The summed E-state index contributed by atoms with van der Waals surface area (Å²) in [4.78, 5) is 4.36. The van der Waals surface area contributed by atoms with E-state index in [0.29, 0.717) is 5.41 Å². The largest absolute Gasteiger partial charge is 0.321 e. The fraction of sp³-hybridized carbons (Fsp3) is 0.643. The van der Waals surface area contributed by atoms with Crippen LogP contribution in [-0.4, -0.2) is 4.98 Å². The SMILES string of the molecule is Cc1ccc(C2(N)CCC(C)(C)CC2)cn1. The average molecular weight is 218 g/mol. The van der Waals surface area contributed by atoms with Gasteiger partial charge in [-0.1, -0.05) is 19.9 Å². The summed E-state index contributed by atoms with van der Waals surface area (Å²) in [5, 5.41) is 0. The van der Waals surface area contributed by atoms with Crippen molar-refractivity contribution >= 4 is 0 Å². The van der Waals surface area contributed by atoms with Crippen LogP contribution in [0, 0.1) is 12.3 Å². The second kappa shape index (κ2) is 3.85. The van der Waals surface area contributed by atoms with E-state index in [-0.39, 0.29) is 5.54 Å². The maximum absolute atomic E-state index is 6.51. The molecule has 16 heavy (non-hydrogen) atoms. The zero-order valence-electron chi connectivity index (χ0n) is 10.6. The number of rotatable bonds is 1. The van der Waals surface area contributed by atoms with Crippen LogP contribution in [0.4, 0.5) is 0 Å². The molecule has 1 aromatic rings. The van der Waals surface area contributed by atoms with Gasteiger partial charge in [0.1, 0.15) is 0 Å². The van der Waals surface area contributed by atoms with Gasteiger partial charge in [-0.05, 0) is 49.7 Å². The van der Waals surface area contributed by atoms with Gasteiger partial charge in [-0.2, -0.15) is 0 Å². The molecular formula is C14H22N2. The van der Waals surface area contributed by atoms with E-state index in [1.165, 1.54) is 18.4 Å². The van der Waals surface area contributed by atoms with Gasteiger partial charge in [0, 0.05) is 17.4 Å². The lowest BCUT2D eigenvalue weighted by Crippen LogP contribution is -2.42. The fourth-order valence-corrected chi connectivity index (χ4v) is 2.42. The van der Waals surface area contributed by atoms with Gasteiger partial charge >= 0.3 is 0 Å². The van der Waals surface area contributed by atoms with Crippen LogP contribution in [0.2, 0.25) is 0 Å². The van der Waals surface area contributed by atoms with Gasteiger partial charge in [-0.3, -0.25) is 4.98 Å². The number of hydrogen-bond acceptors (Lipinski definition) is 2. The number of pyridine rings is 1. The third-order valence-electron chi connectivity index (χ3n) is 3.98. The van der Waals surface area contributed by atoms with Crippen molar-refractivity contribution < 1.29 is 0 Å². The molecule has 0 bridgehead atoms. The molecule has 1 fully saturated rings. The molecule has 1 aliphatic carbocycles. The molecular weight excluding hydrogens is 196 g/mol. The van der Waals surface area contributed by atoms with Crippen molar-refractivity contribution in [3.8, 4) is 0 Å². The molecule has 2 heteroatoms. The second-order valence-electron chi connectivity index (χ2n) is 6.01. The Morgan fingerprint density at radius 2 is 1.75 bits per heavy atom. The van der Waals surface area contributed by atoms with E-state index in [1.54, 1.807) is 0 Å². The topological polar surface area (TPSA) is 38.9 Å². The quantitative estimate of drug-likeness (QED) is 0.786. The third-order valence-corrected chi connectivity index (χ3v) is 3.98. The van der Waals surface area contributed by atoms with Crippen LogP contribution in [0.15, 0.2) is 18.3 Å². The summed E-state index contributed by atoms with van der Waals surface area (Å²) in [6.45, 7) is 6.68. The van der Waals surface area contributed by atoms with E-state index >= 15 is 0 Å². The Balaban J connectivity index is 2.18. The van der Waals surface area contributed by atoms with E-state index in [0.717, 1.165) is 18.5 Å². The molecule has 1 heterocycles. The molecule has 1 aromatic heterocycles. The summed E-state index contributed by atoms with van der Waals surface area (Å²) >= 11 is 0. The zero-order valence-corrected chi connectivity index (χ0v) is 10.6. The van der Waals surface area contributed by atoms with Crippen molar-refractivity contribution in [3.05, 3.63) is 29.6 Å². The first-order chi connectivity index (χ1) is 7.41. The number of hydrogen-bond donors (Lipinski definition) is 1. The van der Waals surface area contributed by atoms with Crippen molar-refractivity contribution in [2.45, 2.75) is 52.0 Å². The molecule has 1 aliphatic rings. The molecule has 0 atom stereocenters. The van der Waals surface area contributed by atoms with Crippen LogP contribution in [-0.2, 0) is 5.54 Å². The monoisotopic (exact) mass is 218 g/mol.